The smallest absolute Gasteiger partial charge is 0.220 e. The molecule has 0 radical (unpaired) electrons. The summed E-state index contributed by atoms with van der Waals surface area (Å²) in [5.41, 5.74) is 8.65. The number of fused-ring (bicyclic) bond motifs is 7. The standard InChI is InChI=1S/C32H31N4/c1-18-11-10-12-19(2)25(18)26-21(4)17-34(7)30-27-20(3)15-16-24-29(27)36(32(5,6)28(26)30)31-33-22-13-8-9-14-23(22)35(24)31/h8-17H,1-7H3/q+1/i1D3,4D3. The van der Waals surface area contributed by atoms with Crippen molar-refractivity contribution in [1.29, 1.82) is 0 Å². The van der Waals surface area contributed by atoms with Gasteiger partial charge in [-0.05, 0) is 81.9 Å². The van der Waals surface area contributed by atoms with Crippen LogP contribution in [0.3, 0.4) is 0 Å². The van der Waals surface area contributed by atoms with Gasteiger partial charge < -0.3 is 0 Å². The molecule has 0 unspecified atom stereocenters. The molecule has 3 aromatic carbocycles. The number of pyridine rings is 1. The summed E-state index contributed by atoms with van der Waals surface area (Å²) in [6.07, 6.45) is 1.67. The number of aromatic nitrogens is 4. The van der Waals surface area contributed by atoms with E-state index < -0.39 is 19.2 Å². The van der Waals surface area contributed by atoms with Crippen molar-refractivity contribution in [3.8, 4) is 22.4 Å². The summed E-state index contributed by atoms with van der Waals surface area (Å²) in [5.74, 6) is 0.752. The van der Waals surface area contributed by atoms with Crippen LogP contribution < -0.4 is 4.57 Å². The molecule has 36 heavy (non-hydrogen) atoms. The van der Waals surface area contributed by atoms with Crippen molar-refractivity contribution < 1.29 is 12.8 Å². The lowest BCUT2D eigenvalue weighted by atomic mass is 9.77. The van der Waals surface area contributed by atoms with Crippen LogP contribution in [0.25, 0.3) is 50.2 Å². The first-order valence-electron chi connectivity index (χ1n) is 15.2. The second-order valence-electron chi connectivity index (χ2n) is 10.5. The second kappa shape index (κ2) is 6.85. The van der Waals surface area contributed by atoms with E-state index in [4.69, 9.17) is 13.2 Å². The van der Waals surface area contributed by atoms with E-state index in [9.17, 15) is 0 Å². The van der Waals surface area contributed by atoms with Gasteiger partial charge in [0.1, 0.15) is 7.05 Å². The highest BCUT2D eigenvalue weighted by Crippen LogP contribution is 2.51. The predicted molar refractivity (Wildman–Crippen MR) is 148 cm³/mol. The first-order valence-corrected chi connectivity index (χ1v) is 12.2. The van der Waals surface area contributed by atoms with Gasteiger partial charge in [-0.2, -0.15) is 0 Å². The molecule has 4 heterocycles. The Bertz CT molecular complexity index is 2130. The maximum atomic E-state index is 8.64. The topological polar surface area (TPSA) is 26.1 Å². The van der Waals surface area contributed by atoms with E-state index in [-0.39, 0.29) is 11.1 Å². The van der Waals surface area contributed by atoms with E-state index in [1.165, 1.54) is 0 Å². The highest BCUT2D eigenvalue weighted by Gasteiger charge is 2.44. The normalized spacial score (nSPS) is 17.4. The quantitative estimate of drug-likeness (QED) is 0.236. The average molecular weight is 478 g/mol. The fourth-order valence-electron chi connectivity index (χ4n) is 6.44. The highest BCUT2D eigenvalue weighted by atomic mass is 15.2. The third-order valence-electron chi connectivity index (χ3n) is 7.93. The van der Waals surface area contributed by atoms with Crippen LogP contribution in [-0.4, -0.2) is 14.0 Å². The molecule has 1 aliphatic rings. The fourth-order valence-corrected chi connectivity index (χ4v) is 6.44. The largest absolute Gasteiger partial charge is 0.299 e. The van der Waals surface area contributed by atoms with Crippen LogP contribution in [0.2, 0.25) is 0 Å². The van der Waals surface area contributed by atoms with Crippen molar-refractivity contribution >= 4 is 27.8 Å². The number of aryl methyl sites for hydroxylation is 5. The Hall–Kier alpha value is -3.92. The number of rotatable bonds is 1. The van der Waals surface area contributed by atoms with Crippen LogP contribution in [-0.2, 0) is 12.6 Å². The van der Waals surface area contributed by atoms with Crippen LogP contribution in [0, 0.1) is 27.6 Å². The molecule has 1 aliphatic heterocycles. The molecule has 6 aromatic rings. The van der Waals surface area contributed by atoms with Crippen LogP contribution >= 0.6 is 0 Å². The maximum absolute atomic E-state index is 8.64. The molecule has 0 fully saturated rings. The van der Waals surface area contributed by atoms with Gasteiger partial charge in [-0.3, -0.25) is 8.97 Å². The van der Waals surface area contributed by atoms with Crippen molar-refractivity contribution in [3.63, 3.8) is 0 Å². The molecule has 3 aromatic heterocycles. The first kappa shape index (κ1) is 15.9. The van der Waals surface area contributed by atoms with Crippen LogP contribution in [0.15, 0.2) is 60.8 Å². The predicted octanol–water partition coefficient (Wildman–Crippen LogP) is 6.93. The molecule has 0 N–H and O–H groups in total. The first-order chi connectivity index (χ1) is 19.6. The van der Waals surface area contributed by atoms with Gasteiger partial charge in [-0.25, -0.2) is 9.55 Å². The van der Waals surface area contributed by atoms with Gasteiger partial charge >= 0.3 is 0 Å². The Morgan fingerprint density at radius 1 is 0.806 bits per heavy atom. The number of imidazole rings is 2. The van der Waals surface area contributed by atoms with Crippen molar-refractivity contribution in [2.75, 3.05) is 0 Å². The third kappa shape index (κ3) is 2.44. The van der Waals surface area contributed by atoms with Gasteiger partial charge in [-0.15, -0.1) is 0 Å². The number of benzene rings is 3. The van der Waals surface area contributed by atoms with Crippen molar-refractivity contribution in [2.45, 2.75) is 46.9 Å². The molecule has 0 aliphatic carbocycles. The number of para-hydroxylation sites is 2. The molecule has 0 atom stereocenters. The lowest BCUT2D eigenvalue weighted by molar-refractivity contribution is -0.661. The van der Waals surface area contributed by atoms with Crippen LogP contribution in [0.5, 0.6) is 0 Å². The van der Waals surface area contributed by atoms with E-state index >= 15 is 0 Å². The molecule has 0 spiro atoms. The minimum absolute atomic E-state index is 0.126. The van der Waals surface area contributed by atoms with E-state index in [0.29, 0.717) is 16.7 Å². The summed E-state index contributed by atoms with van der Waals surface area (Å²) in [7, 11) is 1.88. The number of hydrogen-bond acceptors (Lipinski definition) is 1. The minimum atomic E-state index is -2.50. The van der Waals surface area contributed by atoms with Crippen LogP contribution in [0.4, 0.5) is 0 Å². The molecule has 4 nitrogen and oxygen atoms in total. The zero-order chi connectivity index (χ0) is 30.1. The van der Waals surface area contributed by atoms with E-state index in [0.717, 1.165) is 50.2 Å². The lowest BCUT2D eigenvalue weighted by Crippen LogP contribution is -2.41. The average Bonchev–Trinajstić information content (AvgIpc) is 3.42. The van der Waals surface area contributed by atoms with Crippen molar-refractivity contribution in [3.05, 3.63) is 88.6 Å². The van der Waals surface area contributed by atoms with Gasteiger partial charge in [0, 0.05) is 19.4 Å². The second-order valence-corrected chi connectivity index (χ2v) is 10.5. The Kier molecular flexibility index (Phi) is 3.03. The van der Waals surface area contributed by atoms with Crippen LogP contribution in [0.1, 0.15) is 49.9 Å². The molecule has 0 amide bonds. The number of nitrogens with zero attached hydrogens (tertiary/aromatic N) is 4. The highest BCUT2D eigenvalue weighted by molar-refractivity contribution is 6.02. The van der Waals surface area contributed by atoms with E-state index in [1.807, 2.05) is 42.8 Å². The van der Waals surface area contributed by atoms with Gasteiger partial charge in [0.2, 0.25) is 11.5 Å². The van der Waals surface area contributed by atoms with Gasteiger partial charge in [0.05, 0.1) is 38.7 Å². The summed E-state index contributed by atoms with van der Waals surface area (Å²) in [4.78, 5) is 5.08. The summed E-state index contributed by atoms with van der Waals surface area (Å²) < 4.78 is 57.5. The third-order valence-corrected chi connectivity index (χ3v) is 7.93. The van der Waals surface area contributed by atoms with E-state index in [2.05, 4.69) is 47.9 Å². The van der Waals surface area contributed by atoms with Gasteiger partial charge in [-0.1, -0.05) is 36.4 Å². The zero-order valence-corrected chi connectivity index (χ0v) is 21.1. The summed E-state index contributed by atoms with van der Waals surface area (Å²) in [5, 5.41) is 0. The van der Waals surface area contributed by atoms with Crippen molar-refractivity contribution in [1.82, 2.24) is 14.0 Å². The molecule has 7 rings (SSSR count). The summed E-state index contributed by atoms with van der Waals surface area (Å²) >= 11 is 0. The number of hydrogen-bond donors (Lipinski definition) is 0. The Morgan fingerprint density at radius 3 is 2.36 bits per heavy atom. The summed E-state index contributed by atoms with van der Waals surface area (Å²) in [6, 6.07) is 17.4. The lowest BCUT2D eigenvalue weighted by Gasteiger charge is -2.36. The molecule has 178 valence electrons. The van der Waals surface area contributed by atoms with Gasteiger partial charge in [0.15, 0.2) is 6.20 Å². The van der Waals surface area contributed by atoms with Crippen molar-refractivity contribution in [2.24, 2.45) is 7.05 Å². The molecule has 0 bridgehead atoms. The molecule has 0 saturated carbocycles. The fraction of sp³-hybridized carbons (Fsp3) is 0.250. The Balaban J connectivity index is 1.77. The molecular weight excluding hydrogens is 440 g/mol. The SMILES string of the molecule is [2H]C([2H])([2H])c1cccc(C)c1-c1c(C([2H])([2H])[2H])c[n+](C)c2c1C(C)(C)n1c3c-2c(C)ccc3n2c3ccccc3nc12. The van der Waals surface area contributed by atoms with Gasteiger partial charge in [0.25, 0.3) is 0 Å². The molecule has 4 heteroatoms. The molecule has 0 saturated heterocycles. The van der Waals surface area contributed by atoms with E-state index in [1.54, 1.807) is 18.3 Å². The summed E-state index contributed by atoms with van der Waals surface area (Å²) in [6.45, 7) is 3.14. The minimum Gasteiger partial charge on any atom is -0.299 e. The maximum Gasteiger partial charge on any atom is 0.220 e. The Morgan fingerprint density at radius 2 is 1.56 bits per heavy atom. The Labute approximate surface area is 219 Å². The zero-order valence-electron chi connectivity index (χ0n) is 27.1. The monoisotopic (exact) mass is 477 g/mol. The molecular formula is C32H31N4+.